The number of likely N-dealkylation sites (tertiary alicyclic amines) is 1. The standard InChI is InChI=1S/C29H31N3O4/c1-28(35)22-11-6-8-18-7-5-9-20(25(18)22)26(28)31-15-13-19(14-16-31)32-23-12-4-3-10-21(23)29(36,27(32)34)17-24(33)30-2/h3-12,19,26,35-36H,13-17H2,1-2H3,(H,30,33)/t26?,28-,29?/m0/s1. The number of carbonyl (C=O) groups excluding carboxylic acids is 2. The zero-order valence-electron chi connectivity index (χ0n) is 20.6. The van der Waals surface area contributed by atoms with E-state index in [1.165, 1.54) is 7.05 Å². The molecule has 3 aromatic rings. The number of carbonyl (C=O) groups is 2. The van der Waals surface area contributed by atoms with Crippen LogP contribution in [-0.2, 0) is 20.8 Å². The summed E-state index contributed by atoms with van der Waals surface area (Å²) in [6.07, 6.45) is 1.10. The van der Waals surface area contributed by atoms with Gasteiger partial charge in [0.1, 0.15) is 5.60 Å². The molecule has 0 spiro atoms. The third-order valence-corrected chi connectivity index (χ3v) is 8.42. The van der Waals surface area contributed by atoms with Crippen molar-refractivity contribution in [3.8, 4) is 0 Å². The number of aliphatic hydroxyl groups is 2. The number of nitrogens with zero attached hydrogens (tertiary/aromatic N) is 2. The van der Waals surface area contributed by atoms with Gasteiger partial charge in [0.05, 0.1) is 18.2 Å². The van der Waals surface area contributed by atoms with Crippen LogP contribution in [0.15, 0.2) is 60.7 Å². The lowest BCUT2D eigenvalue weighted by Crippen LogP contribution is -2.52. The van der Waals surface area contributed by atoms with Crippen molar-refractivity contribution in [3.05, 3.63) is 77.4 Å². The number of benzene rings is 3. The van der Waals surface area contributed by atoms with Crippen LogP contribution in [-0.4, -0.2) is 53.1 Å². The topological polar surface area (TPSA) is 93.1 Å². The smallest absolute Gasteiger partial charge is 0.264 e. The van der Waals surface area contributed by atoms with Gasteiger partial charge in [-0.2, -0.15) is 0 Å². The number of hydrogen-bond donors (Lipinski definition) is 3. The van der Waals surface area contributed by atoms with E-state index in [4.69, 9.17) is 0 Å². The van der Waals surface area contributed by atoms with E-state index in [2.05, 4.69) is 34.5 Å². The van der Waals surface area contributed by atoms with E-state index >= 15 is 0 Å². The Bertz CT molecular complexity index is 1370. The van der Waals surface area contributed by atoms with Gasteiger partial charge in [0.25, 0.3) is 5.91 Å². The average molecular weight is 486 g/mol. The van der Waals surface area contributed by atoms with Gasteiger partial charge in [-0.3, -0.25) is 14.5 Å². The fraction of sp³-hybridized carbons (Fsp3) is 0.379. The molecule has 2 heterocycles. The summed E-state index contributed by atoms with van der Waals surface area (Å²) in [4.78, 5) is 29.8. The number of rotatable bonds is 4. The first kappa shape index (κ1) is 23.2. The van der Waals surface area contributed by atoms with Gasteiger partial charge in [0, 0.05) is 31.7 Å². The molecule has 6 rings (SSSR count). The minimum Gasteiger partial charge on any atom is -0.383 e. The molecule has 1 saturated heterocycles. The van der Waals surface area contributed by atoms with E-state index in [-0.39, 0.29) is 24.4 Å². The van der Waals surface area contributed by atoms with Crippen molar-refractivity contribution in [3.63, 3.8) is 0 Å². The molecule has 0 saturated carbocycles. The van der Waals surface area contributed by atoms with Crippen molar-refractivity contribution in [1.29, 1.82) is 0 Å². The molecule has 2 aliphatic heterocycles. The van der Waals surface area contributed by atoms with Gasteiger partial charge in [0.2, 0.25) is 5.91 Å². The molecule has 1 aliphatic carbocycles. The summed E-state index contributed by atoms with van der Waals surface area (Å²) in [5.41, 5.74) is 0.402. The van der Waals surface area contributed by atoms with E-state index in [0.29, 0.717) is 37.2 Å². The van der Waals surface area contributed by atoms with Crippen molar-refractivity contribution in [2.24, 2.45) is 0 Å². The fourth-order valence-corrected chi connectivity index (χ4v) is 6.74. The largest absolute Gasteiger partial charge is 0.383 e. The number of piperidine rings is 1. The SMILES string of the molecule is CNC(=O)CC1(O)C(=O)N(C2CCN(C3c4cccc5cccc(c45)[C@]3(C)O)CC2)c2ccccc21. The van der Waals surface area contributed by atoms with Crippen molar-refractivity contribution in [2.45, 2.75) is 49.5 Å². The van der Waals surface area contributed by atoms with Crippen molar-refractivity contribution < 1.29 is 19.8 Å². The molecule has 36 heavy (non-hydrogen) atoms. The van der Waals surface area contributed by atoms with Gasteiger partial charge in [0.15, 0.2) is 5.60 Å². The van der Waals surface area contributed by atoms with Gasteiger partial charge >= 0.3 is 0 Å². The summed E-state index contributed by atoms with van der Waals surface area (Å²) in [7, 11) is 1.50. The second-order valence-electron chi connectivity index (χ2n) is 10.5. The number of amides is 2. The summed E-state index contributed by atoms with van der Waals surface area (Å²) in [6, 6.07) is 19.3. The number of anilines is 1. The van der Waals surface area contributed by atoms with Crippen LogP contribution in [0.3, 0.4) is 0 Å². The Morgan fingerprint density at radius 3 is 2.39 bits per heavy atom. The second kappa shape index (κ2) is 8.13. The van der Waals surface area contributed by atoms with Crippen molar-refractivity contribution in [1.82, 2.24) is 10.2 Å². The molecule has 0 bridgehead atoms. The first-order valence-corrected chi connectivity index (χ1v) is 12.6. The van der Waals surface area contributed by atoms with Crippen LogP contribution in [0.4, 0.5) is 5.69 Å². The van der Waals surface area contributed by atoms with Crippen LogP contribution in [0.1, 0.15) is 48.9 Å². The maximum Gasteiger partial charge on any atom is 0.264 e. The maximum absolute atomic E-state index is 13.6. The summed E-state index contributed by atoms with van der Waals surface area (Å²) < 4.78 is 0. The molecule has 186 valence electrons. The molecule has 1 fully saturated rings. The molecule has 3 aliphatic rings. The Hall–Kier alpha value is -3.26. The van der Waals surface area contributed by atoms with Crippen LogP contribution < -0.4 is 10.2 Å². The van der Waals surface area contributed by atoms with Crippen LogP contribution in [0.5, 0.6) is 0 Å². The van der Waals surface area contributed by atoms with Crippen LogP contribution in [0.2, 0.25) is 0 Å². The van der Waals surface area contributed by atoms with Gasteiger partial charge in [-0.25, -0.2) is 0 Å². The van der Waals surface area contributed by atoms with E-state index in [0.717, 1.165) is 21.9 Å². The van der Waals surface area contributed by atoms with E-state index < -0.39 is 17.1 Å². The molecule has 7 nitrogen and oxygen atoms in total. The molecule has 0 aromatic heterocycles. The maximum atomic E-state index is 13.6. The Morgan fingerprint density at radius 2 is 1.67 bits per heavy atom. The number of para-hydroxylation sites is 1. The third-order valence-electron chi connectivity index (χ3n) is 8.42. The van der Waals surface area contributed by atoms with Gasteiger partial charge in [-0.1, -0.05) is 54.6 Å². The van der Waals surface area contributed by atoms with Crippen LogP contribution in [0.25, 0.3) is 10.8 Å². The zero-order chi connectivity index (χ0) is 25.2. The highest BCUT2D eigenvalue weighted by atomic mass is 16.3. The molecule has 3 atom stereocenters. The fourth-order valence-electron chi connectivity index (χ4n) is 6.74. The average Bonchev–Trinajstić information content (AvgIpc) is 3.25. The lowest BCUT2D eigenvalue weighted by Gasteiger charge is -2.43. The third kappa shape index (κ3) is 3.16. The first-order valence-electron chi connectivity index (χ1n) is 12.6. The van der Waals surface area contributed by atoms with E-state index in [1.807, 2.05) is 31.2 Å². The second-order valence-corrected chi connectivity index (χ2v) is 10.5. The lowest BCUT2D eigenvalue weighted by molar-refractivity contribution is -0.143. The summed E-state index contributed by atoms with van der Waals surface area (Å²) in [5, 5.41) is 27.9. The highest BCUT2D eigenvalue weighted by Gasteiger charge is 2.53. The normalized spacial score (nSPS) is 28.1. The summed E-state index contributed by atoms with van der Waals surface area (Å²) in [6.45, 7) is 3.31. The zero-order valence-corrected chi connectivity index (χ0v) is 20.6. The van der Waals surface area contributed by atoms with Crippen LogP contribution >= 0.6 is 0 Å². The van der Waals surface area contributed by atoms with Crippen LogP contribution in [0, 0.1) is 0 Å². The number of hydrogen-bond acceptors (Lipinski definition) is 5. The lowest BCUT2D eigenvalue weighted by atomic mass is 9.89. The van der Waals surface area contributed by atoms with Crippen molar-refractivity contribution in [2.75, 3.05) is 25.0 Å². The van der Waals surface area contributed by atoms with Gasteiger partial charge in [-0.05, 0) is 47.7 Å². The molecule has 2 amide bonds. The Labute approximate surface area is 210 Å². The minimum atomic E-state index is -1.86. The quantitative estimate of drug-likeness (QED) is 0.529. The highest BCUT2D eigenvalue weighted by molar-refractivity contribution is 6.09. The van der Waals surface area contributed by atoms with Gasteiger partial charge in [-0.15, -0.1) is 0 Å². The first-order chi connectivity index (χ1) is 17.3. The Kier molecular flexibility index (Phi) is 5.23. The Morgan fingerprint density at radius 1 is 1.00 bits per heavy atom. The Balaban J connectivity index is 1.27. The molecule has 0 radical (unpaired) electrons. The molecular weight excluding hydrogens is 454 g/mol. The minimum absolute atomic E-state index is 0.0990. The molecule has 3 N–H and O–H groups in total. The monoisotopic (exact) mass is 485 g/mol. The summed E-state index contributed by atoms with van der Waals surface area (Å²) >= 11 is 0. The molecule has 7 heteroatoms. The van der Waals surface area contributed by atoms with E-state index in [1.54, 1.807) is 17.0 Å². The number of fused-ring (bicyclic) bond motifs is 1. The van der Waals surface area contributed by atoms with Crippen molar-refractivity contribution >= 4 is 28.3 Å². The highest BCUT2D eigenvalue weighted by Crippen LogP contribution is 2.52. The van der Waals surface area contributed by atoms with Gasteiger partial charge < -0.3 is 20.4 Å². The number of nitrogens with one attached hydrogen (secondary N) is 1. The predicted molar refractivity (Wildman–Crippen MR) is 137 cm³/mol. The molecule has 3 aromatic carbocycles. The van der Waals surface area contributed by atoms with E-state index in [9.17, 15) is 19.8 Å². The molecule has 2 unspecified atom stereocenters. The summed E-state index contributed by atoms with van der Waals surface area (Å²) in [5.74, 6) is -0.815. The molecular formula is C29H31N3O4. The predicted octanol–water partition coefficient (Wildman–Crippen LogP) is 2.94.